The Hall–Kier alpha value is -2.29. The van der Waals surface area contributed by atoms with Crippen molar-refractivity contribution in [1.29, 1.82) is 0 Å². The van der Waals surface area contributed by atoms with Crippen molar-refractivity contribution in [3.05, 3.63) is 59.4 Å². The third kappa shape index (κ3) is 3.97. The van der Waals surface area contributed by atoms with Crippen LogP contribution in [0.25, 0.3) is 0 Å². The largest absolute Gasteiger partial charge is 0.416 e. The lowest BCUT2D eigenvalue weighted by Gasteiger charge is -2.11. The highest BCUT2D eigenvalue weighted by Gasteiger charge is 2.30. The number of nitrogens with one attached hydrogen (secondary N) is 1. The number of aromatic nitrogens is 1. The van der Waals surface area contributed by atoms with E-state index in [9.17, 15) is 26.4 Å². The number of carbonyl (C=O) groups is 1. The van der Waals surface area contributed by atoms with Gasteiger partial charge in [-0.15, -0.1) is 0 Å². The molecule has 1 N–H and O–H groups in total. The highest BCUT2D eigenvalue weighted by Crippen LogP contribution is 2.29. The molecule has 2 rings (SSSR count). The summed E-state index contributed by atoms with van der Waals surface area (Å²) in [7, 11) is -3.51. The standard InChI is InChI=1S/C15H15F3N2O3S/c1-2-24(22,23)20-8-4-7-13(20)10-19-14(21)11-5-3-6-12(9-11)15(16,17)18/h3-9H,2,10H2,1H3,(H,19,21). The summed E-state index contributed by atoms with van der Waals surface area (Å²) < 4.78 is 62.8. The molecule has 24 heavy (non-hydrogen) atoms. The van der Waals surface area contributed by atoms with Crippen molar-refractivity contribution in [1.82, 2.24) is 9.29 Å². The number of benzene rings is 1. The van der Waals surface area contributed by atoms with E-state index < -0.39 is 27.7 Å². The third-order valence-corrected chi connectivity index (χ3v) is 5.02. The lowest BCUT2D eigenvalue weighted by Crippen LogP contribution is -2.26. The number of nitrogens with zero attached hydrogens (tertiary/aromatic N) is 1. The molecule has 0 saturated heterocycles. The molecule has 1 amide bonds. The zero-order valence-corrected chi connectivity index (χ0v) is 13.5. The lowest BCUT2D eigenvalue weighted by molar-refractivity contribution is -0.137. The van der Waals surface area contributed by atoms with Crippen LogP contribution >= 0.6 is 0 Å². The average Bonchev–Trinajstić information content (AvgIpc) is 3.01. The summed E-state index contributed by atoms with van der Waals surface area (Å²) in [6, 6.07) is 7.04. The molecule has 9 heteroatoms. The van der Waals surface area contributed by atoms with Crippen molar-refractivity contribution in [2.24, 2.45) is 0 Å². The van der Waals surface area contributed by atoms with Crippen molar-refractivity contribution in [2.75, 3.05) is 5.75 Å². The predicted octanol–water partition coefficient (Wildman–Crippen LogP) is 2.63. The Kier molecular flexibility index (Phi) is 5.02. The minimum absolute atomic E-state index is 0.115. The van der Waals surface area contributed by atoms with E-state index in [1.165, 1.54) is 31.3 Å². The van der Waals surface area contributed by atoms with E-state index in [2.05, 4.69) is 5.32 Å². The van der Waals surface area contributed by atoms with Gasteiger partial charge in [0.2, 0.25) is 10.0 Å². The van der Waals surface area contributed by atoms with Gasteiger partial charge in [0.25, 0.3) is 5.91 Å². The van der Waals surface area contributed by atoms with Crippen LogP contribution < -0.4 is 5.32 Å². The maximum atomic E-state index is 12.7. The summed E-state index contributed by atoms with van der Waals surface area (Å²) in [5, 5.41) is 2.43. The van der Waals surface area contributed by atoms with Gasteiger partial charge in [0.1, 0.15) is 0 Å². The molecular formula is C15H15F3N2O3S. The number of alkyl halides is 3. The molecular weight excluding hydrogens is 345 g/mol. The zero-order chi connectivity index (χ0) is 18.0. The van der Waals surface area contributed by atoms with Crippen LogP contribution in [0.2, 0.25) is 0 Å². The summed E-state index contributed by atoms with van der Waals surface area (Å²) in [6.45, 7) is 1.36. The molecule has 0 fully saturated rings. The molecule has 1 aromatic heterocycles. The molecule has 0 bridgehead atoms. The summed E-state index contributed by atoms with van der Waals surface area (Å²) in [4.78, 5) is 12.0. The first-order chi connectivity index (χ1) is 11.1. The van der Waals surface area contributed by atoms with Gasteiger partial charge in [-0.1, -0.05) is 6.07 Å². The molecule has 0 aliphatic heterocycles. The number of hydrogen-bond acceptors (Lipinski definition) is 3. The molecule has 0 atom stereocenters. The fraction of sp³-hybridized carbons (Fsp3) is 0.267. The Morgan fingerprint density at radius 2 is 1.92 bits per heavy atom. The van der Waals surface area contributed by atoms with Gasteiger partial charge < -0.3 is 5.32 Å². The minimum atomic E-state index is -4.54. The monoisotopic (exact) mass is 360 g/mol. The van der Waals surface area contributed by atoms with Crippen molar-refractivity contribution < 1.29 is 26.4 Å². The van der Waals surface area contributed by atoms with Gasteiger partial charge in [0.05, 0.1) is 23.6 Å². The molecule has 0 spiro atoms. The fourth-order valence-corrected chi connectivity index (χ4v) is 3.08. The topological polar surface area (TPSA) is 68.2 Å². The molecule has 0 aliphatic rings. The second-order valence-electron chi connectivity index (χ2n) is 4.96. The first kappa shape index (κ1) is 18.1. The number of halogens is 3. The number of hydrogen-bond donors (Lipinski definition) is 1. The summed E-state index contributed by atoms with van der Waals surface area (Å²) in [5.41, 5.74) is -0.759. The molecule has 0 aliphatic carbocycles. The van der Waals surface area contributed by atoms with Crippen LogP contribution in [0.5, 0.6) is 0 Å². The van der Waals surface area contributed by atoms with E-state index in [-0.39, 0.29) is 17.9 Å². The molecule has 1 aromatic carbocycles. The summed E-state index contributed by atoms with van der Waals surface area (Å²) >= 11 is 0. The third-order valence-electron chi connectivity index (χ3n) is 3.34. The molecule has 0 saturated carbocycles. The minimum Gasteiger partial charge on any atom is -0.346 e. The second kappa shape index (κ2) is 6.68. The summed E-state index contributed by atoms with van der Waals surface area (Å²) in [5.74, 6) is -0.835. The lowest BCUT2D eigenvalue weighted by atomic mass is 10.1. The van der Waals surface area contributed by atoms with Gasteiger partial charge >= 0.3 is 6.18 Å². The average molecular weight is 360 g/mol. The van der Waals surface area contributed by atoms with Crippen molar-refractivity contribution in [2.45, 2.75) is 19.6 Å². The van der Waals surface area contributed by atoms with E-state index in [0.717, 1.165) is 22.2 Å². The Labute approximate surface area is 137 Å². The molecule has 2 aromatic rings. The normalized spacial score (nSPS) is 12.2. The summed E-state index contributed by atoms with van der Waals surface area (Å²) in [6.07, 6.45) is -3.19. The first-order valence-corrected chi connectivity index (χ1v) is 8.61. The van der Waals surface area contributed by atoms with E-state index in [4.69, 9.17) is 0 Å². The first-order valence-electron chi connectivity index (χ1n) is 7.00. The quantitative estimate of drug-likeness (QED) is 0.891. The molecule has 130 valence electrons. The van der Waals surface area contributed by atoms with Gasteiger partial charge in [0, 0.05) is 11.8 Å². The maximum Gasteiger partial charge on any atom is 0.416 e. The second-order valence-corrected chi connectivity index (χ2v) is 7.09. The zero-order valence-electron chi connectivity index (χ0n) is 12.7. The van der Waals surface area contributed by atoms with Gasteiger partial charge in [-0.2, -0.15) is 13.2 Å². The van der Waals surface area contributed by atoms with E-state index in [1.807, 2.05) is 0 Å². The predicted molar refractivity (Wildman–Crippen MR) is 81.9 cm³/mol. The SMILES string of the molecule is CCS(=O)(=O)n1cccc1CNC(=O)c1cccc(C(F)(F)F)c1. The van der Waals surface area contributed by atoms with Crippen molar-refractivity contribution in [3.8, 4) is 0 Å². The Morgan fingerprint density at radius 1 is 1.21 bits per heavy atom. The number of amides is 1. The fourth-order valence-electron chi connectivity index (χ4n) is 2.06. The smallest absolute Gasteiger partial charge is 0.346 e. The van der Waals surface area contributed by atoms with Gasteiger partial charge in [0.15, 0.2) is 0 Å². The van der Waals surface area contributed by atoms with Crippen LogP contribution in [0.4, 0.5) is 13.2 Å². The molecule has 0 radical (unpaired) electrons. The Bertz CT molecular complexity index is 842. The van der Waals surface area contributed by atoms with Crippen LogP contribution in [0.15, 0.2) is 42.6 Å². The van der Waals surface area contributed by atoms with Crippen LogP contribution in [-0.2, 0) is 22.7 Å². The van der Waals surface area contributed by atoms with Crippen molar-refractivity contribution in [3.63, 3.8) is 0 Å². The van der Waals surface area contributed by atoms with Crippen LogP contribution in [0.3, 0.4) is 0 Å². The number of carbonyl (C=O) groups excluding carboxylic acids is 1. The van der Waals surface area contributed by atoms with Crippen LogP contribution in [0.1, 0.15) is 28.5 Å². The van der Waals surface area contributed by atoms with E-state index in [0.29, 0.717) is 5.69 Å². The van der Waals surface area contributed by atoms with Crippen LogP contribution in [-0.4, -0.2) is 24.1 Å². The number of rotatable bonds is 5. The highest BCUT2D eigenvalue weighted by atomic mass is 32.2. The van der Waals surface area contributed by atoms with Crippen molar-refractivity contribution >= 4 is 15.9 Å². The Balaban J connectivity index is 2.14. The maximum absolute atomic E-state index is 12.7. The van der Waals surface area contributed by atoms with E-state index in [1.54, 1.807) is 0 Å². The van der Waals surface area contributed by atoms with E-state index >= 15 is 0 Å². The highest BCUT2D eigenvalue weighted by molar-refractivity contribution is 7.89. The van der Waals surface area contributed by atoms with Gasteiger partial charge in [-0.25, -0.2) is 12.4 Å². The van der Waals surface area contributed by atoms with Gasteiger partial charge in [-0.05, 0) is 37.3 Å². The molecule has 1 heterocycles. The van der Waals surface area contributed by atoms with Gasteiger partial charge in [-0.3, -0.25) is 4.79 Å². The molecule has 5 nitrogen and oxygen atoms in total. The van der Waals surface area contributed by atoms with Crippen LogP contribution in [0, 0.1) is 0 Å². The molecule has 0 unspecified atom stereocenters. The Morgan fingerprint density at radius 3 is 2.54 bits per heavy atom.